The summed E-state index contributed by atoms with van der Waals surface area (Å²) in [6.45, 7) is 0.511. The van der Waals surface area contributed by atoms with Crippen molar-refractivity contribution in [2.45, 2.75) is 6.61 Å². The minimum atomic E-state index is 0.511. The van der Waals surface area contributed by atoms with E-state index in [0.717, 1.165) is 31.5 Å². The highest BCUT2D eigenvalue weighted by molar-refractivity contribution is 9.11. The number of anilines is 1. The molecule has 0 spiro atoms. The highest BCUT2D eigenvalue weighted by atomic mass is 79.9. The van der Waals surface area contributed by atoms with Gasteiger partial charge in [0.1, 0.15) is 12.4 Å². The Balaban J connectivity index is 1.55. The maximum atomic E-state index is 5.84. The predicted molar refractivity (Wildman–Crippen MR) is 110 cm³/mol. The third-order valence-electron chi connectivity index (χ3n) is 3.47. The van der Waals surface area contributed by atoms with Crippen molar-refractivity contribution >= 4 is 43.8 Å². The van der Waals surface area contributed by atoms with E-state index in [4.69, 9.17) is 4.74 Å². The number of nitrogens with zero attached hydrogens (tertiary/aromatic N) is 1. The standard InChI is InChI=1S/C20H16Br2N2O/c21-17-9-8-16(20(22)12-17)14-25-19-10-6-15(7-11-19)13-23-24-18-4-2-1-3-5-18/h1-13,24H,14H2. The van der Waals surface area contributed by atoms with Gasteiger partial charge in [-0.2, -0.15) is 5.10 Å². The average molecular weight is 460 g/mol. The van der Waals surface area contributed by atoms with E-state index in [1.807, 2.05) is 72.8 Å². The molecule has 0 aliphatic heterocycles. The maximum Gasteiger partial charge on any atom is 0.119 e. The van der Waals surface area contributed by atoms with E-state index >= 15 is 0 Å². The Morgan fingerprint density at radius 1 is 0.920 bits per heavy atom. The molecule has 25 heavy (non-hydrogen) atoms. The zero-order valence-corrected chi connectivity index (χ0v) is 16.5. The Kier molecular flexibility index (Phi) is 6.25. The summed E-state index contributed by atoms with van der Waals surface area (Å²) in [5.41, 5.74) is 6.05. The molecule has 0 aliphatic rings. The number of ether oxygens (including phenoxy) is 1. The molecule has 1 N–H and O–H groups in total. The predicted octanol–water partition coefficient (Wildman–Crippen LogP) is 6.24. The molecule has 0 saturated heterocycles. The van der Waals surface area contributed by atoms with E-state index < -0.39 is 0 Å². The van der Waals surface area contributed by atoms with Crippen molar-refractivity contribution in [3.63, 3.8) is 0 Å². The van der Waals surface area contributed by atoms with Gasteiger partial charge in [0.15, 0.2) is 0 Å². The van der Waals surface area contributed by atoms with E-state index in [9.17, 15) is 0 Å². The Morgan fingerprint density at radius 2 is 1.68 bits per heavy atom. The summed E-state index contributed by atoms with van der Waals surface area (Å²) in [7, 11) is 0. The fourth-order valence-electron chi connectivity index (χ4n) is 2.14. The first-order valence-electron chi connectivity index (χ1n) is 7.71. The van der Waals surface area contributed by atoms with Gasteiger partial charge in [-0.1, -0.05) is 56.1 Å². The van der Waals surface area contributed by atoms with Crippen molar-refractivity contribution in [3.8, 4) is 5.75 Å². The fraction of sp³-hybridized carbons (Fsp3) is 0.0500. The van der Waals surface area contributed by atoms with Crippen LogP contribution in [0.25, 0.3) is 0 Å². The van der Waals surface area contributed by atoms with Gasteiger partial charge in [-0.05, 0) is 54.1 Å². The van der Waals surface area contributed by atoms with Crippen molar-refractivity contribution in [2.75, 3.05) is 5.43 Å². The molecule has 0 radical (unpaired) electrons. The summed E-state index contributed by atoms with van der Waals surface area (Å²) in [6, 6.07) is 23.7. The van der Waals surface area contributed by atoms with Crippen molar-refractivity contribution in [1.82, 2.24) is 0 Å². The highest BCUT2D eigenvalue weighted by Crippen LogP contribution is 2.23. The lowest BCUT2D eigenvalue weighted by Gasteiger charge is -2.08. The van der Waals surface area contributed by atoms with Crippen molar-refractivity contribution in [1.29, 1.82) is 0 Å². The molecule has 0 heterocycles. The first-order chi connectivity index (χ1) is 12.2. The van der Waals surface area contributed by atoms with Crippen LogP contribution in [0.4, 0.5) is 5.69 Å². The molecule has 0 atom stereocenters. The summed E-state index contributed by atoms with van der Waals surface area (Å²) in [6.07, 6.45) is 1.78. The van der Waals surface area contributed by atoms with Crippen LogP contribution in [0.1, 0.15) is 11.1 Å². The van der Waals surface area contributed by atoms with Crippen LogP contribution in [0.15, 0.2) is 86.8 Å². The smallest absolute Gasteiger partial charge is 0.119 e. The zero-order valence-electron chi connectivity index (χ0n) is 13.3. The Labute approximate surface area is 164 Å². The minimum absolute atomic E-state index is 0.511. The van der Waals surface area contributed by atoms with Crippen LogP contribution in [0.2, 0.25) is 0 Å². The Morgan fingerprint density at radius 3 is 2.40 bits per heavy atom. The van der Waals surface area contributed by atoms with Crippen LogP contribution in [-0.4, -0.2) is 6.21 Å². The Hall–Kier alpha value is -2.11. The molecule has 0 amide bonds. The largest absolute Gasteiger partial charge is 0.489 e. The van der Waals surface area contributed by atoms with E-state index in [1.165, 1.54) is 0 Å². The molecule has 0 fully saturated rings. The summed E-state index contributed by atoms with van der Waals surface area (Å²) >= 11 is 6.99. The molecular formula is C20H16Br2N2O. The van der Waals surface area contributed by atoms with Gasteiger partial charge in [0.2, 0.25) is 0 Å². The lowest BCUT2D eigenvalue weighted by Crippen LogP contribution is -1.97. The van der Waals surface area contributed by atoms with Gasteiger partial charge >= 0.3 is 0 Å². The number of hydrogen-bond donors (Lipinski definition) is 1. The Bertz CT molecular complexity index is 849. The molecular weight excluding hydrogens is 444 g/mol. The van der Waals surface area contributed by atoms with Crippen LogP contribution >= 0.6 is 31.9 Å². The molecule has 126 valence electrons. The van der Waals surface area contributed by atoms with Crippen LogP contribution < -0.4 is 10.2 Å². The average Bonchev–Trinajstić information content (AvgIpc) is 2.63. The minimum Gasteiger partial charge on any atom is -0.489 e. The number of para-hydroxylation sites is 1. The quantitative estimate of drug-likeness (QED) is 0.349. The van der Waals surface area contributed by atoms with Crippen LogP contribution in [0.3, 0.4) is 0 Å². The number of nitrogens with one attached hydrogen (secondary N) is 1. The maximum absolute atomic E-state index is 5.84. The number of benzene rings is 3. The lowest BCUT2D eigenvalue weighted by atomic mass is 10.2. The first-order valence-corrected chi connectivity index (χ1v) is 9.30. The second-order valence-electron chi connectivity index (χ2n) is 5.33. The number of halogens is 2. The molecule has 3 nitrogen and oxygen atoms in total. The SMILES string of the molecule is Brc1ccc(COc2ccc(C=NNc3ccccc3)cc2)c(Br)c1. The van der Waals surface area contributed by atoms with Crippen molar-refractivity contribution < 1.29 is 4.74 Å². The van der Waals surface area contributed by atoms with Gasteiger partial charge < -0.3 is 4.74 Å². The fourth-order valence-corrected chi connectivity index (χ4v) is 3.31. The van der Waals surface area contributed by atoms with Gasteiger partial charge in [0.05, 0.1) is 11.9 Å². The summed E-state index contributed by atoms with van der Waals surface area (Å²) < 4.78 is 7.90. The summed E-state index contributed by atoms with van der Waals surface area (Å²) in [4.78, 5) is 0. The van der Waals surface area contributed by atoms with Crippen molar-refractivity contribution in [2.24, 2.45) is 5.10 Å². The van der Waals surface area contributed by atoms with Crippen LogP contribution in [0.5, 0.6) is 5.75 Å². The van der Waals surface area contributed by atoms with E-state index in [2.05, 4.69) is 42.4 Å². The van der Waals surface area contributed by atoms with E-state index in [-0.39, 0.29) is 0 Å². The number of hydrogen-bond acceptors (Lipinski definition) is 3. The molecule has 0 bridgehead atoms. The molecule has 0 aromatic heterocycles. The summed E-state index contributed by atoms with van der Waals surface area (Å²) in [5, 5.41) is 4.23. The number of rotatable bonds is 6. The molecule has 3 aromatic rings. The van der Waals surface area contributed by atoms with Crippen molar-refractivity contribution in [3.05, 3.63) is 92.9 Å². The molecule has 0 saturated carbocycles. The zero-order chi connectivity index (χ0) is 17.5. The molecule has 3 aromatic carbocycles. The van der Waals surface area contributed by atoms with Gasteiger partial charge in [-0.15, -0.1) is 0 Å². The second kappa shape index (κ2) is 8.83. The van der Waals surface area contributed by atoms with Gasteiger partial charge in [-0.3, -0.25) is 5.43 Å². The van der Waals surface area contributed by atoms with Gasteiger partial charge in [0, 0.05) is 14.5 Å². The van der Waals surface area contributed by atoms with E-state index in [1.54, 1.807) is 6.21 Å². The molecule has 3 rings (SSSR count). The number of hydrazone groups is 1. The molecule has 5 heteroatoms. The topological polar surface area (TPSA) is 33.6 Å². The summed E-state index contributed by atoms with van der Waals surface area (Å²) in [5.74, 6) is 0.822. The third kappa shape index (κ3) is 5.44. The monoisotopic (exact) mass is 458 g/mol. The lowest BCUT2D eigenvalue weighted by molar-refractivity contribution is 0.305. The van der Waals surface area contributed by atoms with Crippen LogP contribution in [-0.2, 0) is 6.61 Å². The van der Waals surface area contributed by atoms with E-state index in [0.29, 0.717) is 6.61 Å². The first kappa shape index (κ1) is 17.7. The van der Waals surface area contributed by atoms with Gasteiger partial charge in [-0.25, -0.2) is 0 Å². The van der Waals surface area contributed by atoms with Crippen LogP contribution in [0, 0.1) is 0 Å². The highest BCUT2D eigenvalue weighted by Gasteiger charge is 2.02. The molecule has 0 unspecified atom stereocenters. The third-order valence-corrected chi connectivity index (χ3v) is 4.70. The second-order valence-corrected chi connectivity index (χ2v) is 7.10. The molecule has 0 aliphatic carbocycles. The normalized spacial score (nSPS) is 10.8. The van der Waals surface area contributed by atoms with Gasteiger partial charge in [0.25, 0.3) is 0 Å².